The fraction of sp³-hybridized carbons (Fsp3) is 0. The van der Waals surface area contributed by atoms with Crippen LogP contribution in [0.3, 0.4) is 0 Å². The molecule has 0 fully saturated rings. The molecule has 0 atom stereocenters. The van der Waals surface area contributed by atoms with Gasteiger partial charge in [-0.05, 0) is 57.9 Å². The summed E-state index contributed by atoms with van der Waals surface area (Å²) in [4.78, 5) is 25.6. The molecule has 38 heavy (non-hydrogen) atoms. The van der Waals surface area contributed by atoms with Gasteiger partial charge in [0.15, 0.2) is 0 Å². The zero-order chi connectivity index (χ0) is 25.9. The van der Waals surface area contributed by atoms with Crippen LogP contribution in [0.15, 0.2) is 143 Å². The third kappa shape index (κ3) is 4.40. The molecule has 0 bridgehead atoms. The summed E-state index contributed by atoms with van der Waals surface area (Å²) in [5.41, 5.74) is 4.26. The first-order chi connectivity index (χ1) is 18.7. The van der Waals surface area contributed by atoms with Crippen molar-refractivity contribution < 1.29 is 0 Å². The molecule has 182 valence electrons. The minimum atomic E-state index is -0.0989. The fourth-order valence-corrected chi connectivity index (χ4v) is 4.85. The molecular weight excluding hydrogens is 468 g/mol. The van der Waals surface area contributed by atoms with Crippen LogP contribution in [0.25, 0.3) is 32.7 Å². The highest BCUT2D eigenvalue weighted by atomic mass is 16.1. The average molecular weight is 493 g/mol. The zero-order valence-electron chi connectivity index (χ0n) is 20.5. The van der Waals surface area contributed by atoms with Gasteiger partial charge in [-0.25, -0.2) is 0 Å². The Balaban J connectivity index is 1.68. The van der Waals surface area contributed by atoms with Gasteiger partial charge in [0.05, 0.1) is 11.4 Å². The van der Waals surface area contributed by atoms with Crippen molar-refractivity contribution in [2.45, 2.75) is 0 Å². The van der Waals surface area contributed by atoms with Crippen LogP contribution in [0.2, 0.25) is 0 Å². The summed E-state index contributed by atoms with van der Waals surface area (Å²) in [6.07, 6.45) is 0. The molecule has 6 aromatic rings. The van der Waals surface area contributed by atoms with E-state index in [4.69, 9.17) is 0 Å². The van der Waals surface area contributed by atoms with Crippen LogP contribution in [-0.4, -0.2) is 0 Å². The van der Waals surface area contributed by atoms with E-state index in [1.807, 2.05) is 60.7 Å². The Kier molecular flexibility index (Phi) is 6.12. The Labute approximate surface area is 219 Å². The van der Waals surface area contributed by atoms with Crippen LogP contribution in [0.4, 0.5) is 22.7 Å². The highest BCUT2D eigenvalue weighted by Gasteiger charge is 2.18. The summed E-state index contributed by atoms with van der Waals surface area (Å²) in [6, 6.07) is 42.1. The van der Waals surface area contributed by atoms with E-state index in [-0.39, 0.29) is 10.9 Å². The van der Waals surface area contributed by atoms with Gasteiger partial charge >= 0.3 is 0 Å². The van der Waals surface area contributed by atoms with Gasteiger partial charge < -0.3 is 10.6 Å². The molecule has 0 amide bonds. The molecule has 0 aliphatic heterocycles. The van der Waals surface area contributed by atoms with Gasteiger partial charge in [0.2, 0.25) is 10.9 Å². The largest absolute Gasteiger partial charge is 0.352 e. The predicted molar refractivity (Wildman–Crippen MR) is 159 cm³/mol. The second-order valence-corrected chi connectivity index (χ2v) is 9.05. The molecule has 0 spiro atoms. The van der Waals surface area contributed by atoms with Crippen molar-refractivity contribution in [3.05, 3.63) is 154 Å². The standard InChI is InChI=1S/C34H24N2O2/c37-31-17-5-1-3-15-27(31)35-29-21-19-23-11-7-9-13-25(23)33(29)34-26-14-10-8-12-24(26)20-22-30(34)36-28-16-4-2-6-18-32(28)38/h1-22H,(H,35,37)(H,36,38). The molecule has 0 saturated heterocycles. The zero-order valence-corrected chi connectivity index (χ0v) is 20.5. The summed E-state index contributed by atoms with van der Waals surface area (Å²) in [6.45, 7) is 0. The Morgan fingerprint density at radius 1 is 0.342 bits per heavy atom. The minimum Gasteiger partial charge on any atom is -0.352 e. The van der Waals surface area contributed by atoms with Gasteiger partial charge in [-0.1, -0.05) is 97.1 Å². The first-order valence-corrected chi connectivity index (χ1v) is 12.5. The monoisotopic (exact) mass is 492 g/mol. The number of hydrogen-bond acceptors (Lipinski definition) is 4. The number of anilines is 4. The molecule has 4 nitrogen and oxygen atoms in total. The van der Waals surface area contributed by atoms with E-state index in [0.29, 0.717) is 11.4 Å². The van der Waals surface area contributed by atoms with Crippen LogP contribution < -0.4 is 21.5 Å². The van der Waals surface area contributed by atoms with Crippen molar-refractivity contribution in [3.8, 4) is 11.1 Å². The van der Waals surface area contributed by atoms with Crippen LogP contribution >= 0.6 is 0 Å². The normalized spacial score (nSPS) is 10.8. The molecule has 0 radical (unpaired) electrons. The van der Waals surface area contributed by atoms with E-state index in [2.05, 4.69) is 47.0 Å². The van der Waals surface area contributed by atoms with Gasteiger partial charge in [0.1, 0.15) is 0 Å². The summed E-state index contributed by atoms with van der Waals surface area (Å²) in [7, 11) is 0. The third-order valence-corrected chi connectivity index (χ3v) is 6.64. The van der Waals surface area contributed by atoms with Crippen LogP contribution in [0.1, 0.15) is 0 Å². The van der Waals surface area contributed by atoms with Crippen molar-refractivity contribution in [3.63, 3.8) is 0 Å². The number of benzene rings is 4. The summed E-state index contributed by atoms with van der Waals surface area (Å²) >= 11 is 0. The topological polar surface area (TPSA) is 58.2 Å². The first-order valence-electron chi connectivity index (χ1n) is 12.5. The molecule has 6 rings (SSSR count). The van der Waals surface area contributed by atoms with Gasteiger partial charge in [-0.2, -0.15) is 0 Å². The molecule has 0 saturated carbocycles. The smallest absolute Gasteiger partial charge is 0.201 e. The maximum absolute atomic E-state index is 12.8. The molecule has 0 aliphatic rings. The van der Waals surface area contributed by atoms with E-state index < -0.39 is 0 Å². The number of rotatable bonds is 5. The van der Waals surface area contributed by atoms with Gasteiger partial charge in [-0.3, -0.25) is 9.59 Å². The quantitative estimate of drug-likeness (QED) is 0.257. The molecule has 0 heterocycles. The van der Waals surface area contributed by atoms with Crippen molar-refractivity contribution in [1.82, 2.24) is 0 Å². The van der Waals surface area contributed by atoms with E-state index in [1.165, 1.54) is 0 Å². The van der Waals surface area contributed by atoms with E-state index in [1.54, 1.807) is 36.4 Å². The molecule has 0 aromatic heterocycles. The number of hydrogen-bond donors (Lipinski definition) is 2. The Morgan fingerprint density at radius 3 is 1.21 bits per heavy atom. The van der Waals surface area contributed by atoms with Crippen molar-refractivity contribution in [2.24, 2.45) is 0 Å². The fourth-order valence-electron chi connectivity index (χ4n) is 4.85. The summed E-state index contributed by atoms with van der Waals surface area (Å²) in [5, 5.41) is 11.1. The van der Waals surface area contributed by atoms with E-state index in [0.717, 1.165) is 44.0 Å². The maximum atomic E-state index is 12.8. The van der Waals surface area contributed by atoms with Gasteiger partial charge in [0.25, 0.3) is 0 Å². The minimum absolute atomic E-state index is 0.0989. The molecule has 6 aromatic carbocycles. The number of fused-ring (bicyclic) bond motifs is 2. The predicted octanol–water partition coefficient (Wildman–Crippen LogP) is 7.87. The maximum Gasteiger partial charge on any atom is 0.201 e. The lowest BCUT2D eigenvalue weighted by Crippen LogP contribution is -2.07. The lowest BCUT2D eigenvalue weighted by molar-refractivity contribution is 1.52. The second-order valence-electron chi connectivity index (χ2n) is 9.05. The molecule has 0 aliphatic carbocycles. The van der Waals surface area contributed by atoms with E-state index >= 15 is 0 Å². The van der Waals surface area contributed by atoms with Crippen LogP contribution in [-0.2, 0) is 0 Å². The summed E-state index contributed by atoms with van der Waals surface area (Å²) < 4.78 is 0. The highest BCUT2D eigenvalue weighted by Crippen LogP contribution is 2.44. The SMILES string of the molecule is O=c1cccccc1Nc1ccc2ccccc2c1-c1c(Nc2cccccc2=O)ccc2ccccc12. The summed E-state index contributed by atoms with van der Waals surface area (Å²) in [5.74, 6) is 0. The lowest BCUT2D eigenvalue weighted by atomic mass is 9.90. The number of nitrogens with one attached hydrogen (secondary N) is 2. The Bertz CT molecular complexity index is 1790. The molecule has 4 heteroatoms. The van der Waals surface area contributed by atoms with Crippen LogP contribution in [0, 0.1) is 0 Å². The molecular formula is C34H24N2O2. The molecule has 2 N–H and O–H groups in total. The van der Waals surface area contributed by atoms with Gasteiger partial charge in [-0.15, -0.1) is 0 Å². The molecule has 0 unspecified atom stereocenters. The highest BCUT2D eigenvalue weighted by molar-refractivity contribution is 6.14. The Hall–Kier alpha value is -5.22. The lowest BCUT2D eigenvalue weighted by Gasteiger charge is -2.20. The van der Waals surface area contributed by atoms with Crippen molar-refractivity contribution in [1.29, 1.82) is 0 Å². The third-order valence-electron chi connectivity index (χ3n) is 6.64. The van der Waals surface area contributed by atoms with Crippen molar-refractivity contribution >= 4 is 44.3 Å². The average Bonchev–Trinajstić information content (AvgIpc) is 3.28. The Morgan fingerprint density at radius 2 is 0.737 bits per heavy atom. The van der Waals surface area contributed by atoms with E-state index in [9.17, 15) is 9.59 Å². The second kappa shape index (κ2) is 10.0. The van der Waals surface area contributed by atoms with Crippen LogP contribution in [0.5, 0.6) is 0 Å². The van der Waals surface area contributed by atoms with Gasteiger partial charge in [0, 0.05) is 22.5 Å². The first kappa shape index (κ1) is 23.2. The van der Waals surface area contributed by atoms with Crippen molar-refractivity contribution in [2.75, 3.05) is 10.6 Å².